The van der Waals surface area contributed by atoms with Gasteiger partial charge in [-0.3, -0.25) is 0 Å². The van der Waals surface area contributed by atoms with E-state index in [0.29, 0.717) is 32.3 Å². The van der Waals surface area contributed by atoms with Crippen molar-refractivity contribution in [2.45, 2.75) is 33.0 Å². The molecule has 0 amide bonds. The van der Waals surface area contributed by atoms with Crippen molar-refractivity contribution in [1.82, 2.24) is 10.6 Å². The van der Waals surface area contributed by atoms with Crippen molar-refractivity contribution in [2.75, 3.05) is 26.9 Å². The van der Waals surface area contributed by atoms with Crippen molar-refractivity contribution < 1.29 is 19.0 Å². The molecular weight excluding hydrogens is 500 g/mol. The van der Waals surface area contributed by atoms with Gasteiger partial charge in [-0.05, 0) is 48.7 Å². The molecule has 0 heterocycles. The van der Waals surface area contributed by atoms with Crippen LogP contribution in [-0.4, -0.2) is 37.9 Å². The average Bonchev–Trinajstić information content (AvgIpc) is 2.76. The molecule has 0 bridgehead atoms. The van der Waals surface area contributed by atoms with Gasteiger partial charge < -0.3 is 25.2 Å². The lowest BCUT2D eigenvalue weighted by atomic mass is 10.1. The lowest BCUT2D eigenvalue weighted by molar-refractivity contribution is 0.145. The first-order chi connectivity index (χ1) is 14.2. The first kappa shape index (κ1) is 26.1. The number of hydrogen-bond donors (Lipinski definition) is 3. The second-order valence-electron chi connectivity index (χ2n) is 6.43. The minimum Gasteiger partial charge on any atom is -0.497 e. The largest absolute Gasteiger partial charge is 0.497 e. The molecule has 3 N–H and O–H groups in total. The molecule has 0 fully saturated rings. The van der Waals surface area contributed by atoms with E-state index in [-0.39, 0.29) is 36.1 Å². The zero-order chi connectivity index (χ0) is 20.9. The maximum atomic E-state index is 13.6. The van der Waals surface area contributed by atoms with Gasteiger partial charge in [0.05, 0.1) is 20.3 Å². The topological polar surface area (TPSA) is 75.1 Å². The van der Waals surface area contributed by atoms with Gasteiger partial charge in [0.15, 0.2) is 5.96 Å². The Morgan fingerprint density at radius 2 is 1.83 bits per heavy atom. The summed E-state index contributed by atoms with van der Waals surface area (Å²) in [5, 5.41) is 15.8. The second-order valence-corrected chi connectivity index (χ2v) is 6.43. The van der Waals surface area contributed by atoms with E-state index in [1.165, 1.54) is 6.07 Å². The molecule has 6 nitrogen and oxygen atoms in total. The van der Waals surface area contributed by atoms with Gasteiger partial charge in [0.2, 0.25) is 0 Å². The van der Waals surface area contributed by atoms with Gasteiger partial charge in [-0.1, -0.05) is 18.2 Å². The van der Waals surface area contributed by atoms with Crippen molar-refractivity contribution in [3.05, 3.63) is 65.0 Å². The smallest absolute Gasteiger partial charge is 0.191 e. The Hall–Kier alpha value is -1.91. The van der Waals surface area contributed by atoms with Crippen LogP contribution in [-0.2, 0) is 24.4 Å². The van der Waals surface area contributed by atoms with Gasteiger partial charge in [0.1, 0.15) is 11.6 Å². The highest BCUT2D eigenvalue weighted by Crippen LogP contribution is 2.12. The Morgan fingerprint density at radius 1 is 1.10 bits per heavy atom. The van der Waals surface area contributed by atoms with E-state index in [1.54, 1.807) is 19.2 Å². The molecular formula is C22H31FIN3O3. The van der Waals surface area contributed by atoms with E-state index < -0.39 is 5.82 Å². The number of guanidine groups is 1. The monoisotopic (exact) mass is 531 g/mol. The van der Waals surface area contributed by atoms with Gasteiger partial charge in [-0.2, -0.15) is 0 Å². The third-order valence-electron chi connectivity index (χ3n) is 4.28. The van der Waals surface area contributed by atoms with Crippen LogP contribution in [0, 0.1) is 5.82 Å². The lowest BCUT2D eigenvalue weighted by Gasteiger charge is -2.13. The number of benzene rings is 2. The van der Waals surface area contributed by atoms with Crippen molar-refractivity contribution in [3.63, 3.8) is 0 Å². The number of ether oxygens (including phenoxy) is 2. The fraction of sp³-hybridized carbons (Fsp3) is 0.409. The Bertz CT molecular complexity index is 773. The first-order valence-corrected chi connectivity index (χ1v) is 9.77. The molecule has 0 spiro atoms. The van der Waals surface area contributed by atoms with Crippen LogP contribution in [0.1, 0.15) is 30.0 Å². The van der Waals surface area contributed by atoms with Crippen molar-refractivity contribution in [2.24, 2.45) is 4.99 Å². The number of halogens is 2. The molecule has 166 valence electrons. The van der Waals surface area contributed by atoms with Crippen LogP contribution in [0.2, 0.25) is 0 Å². The van der Waals surface area contributed by atoms with Gasteiger partial charge in [0.25, 0.3) is 0 Å². The molecule has 0 unspecified atom stereocenters. The third kappa shape index (κ3) is 9.27. The Morgan fingerprint density at radius 3 is 2.50 bits per heavy atom. The molecule has 0 radical (unpaired) electrons. The van der Waals surface area contributed by atoms with Crippen molar-refractivity contribution in [1.29, 1.82) is 0 Å². The molecule has 30 heavy (non-hydrogen) atoms. The summed E-state index contributed by atoms with van der Waals surface area (Å²) in [7, 11) is 1.64. The van der Waals surface area contributed by atoms with Gasteiger partial charge in [0, 0.05) is 31.9 Å². The van der Waals surface area contributed by atoms with Crippen molar-refractivity contribution in [3.8, 4) is 5.75 Å². The molecule has 2 aromatic carbocycles. The molecule has 0 aliphatic heterocycles. The van der Waals surface area contributed by atoms with E-state index in [4.69, 9.17) is 9.47 Å². The summed E-state index contributed by atoms with van der Waals surface area (Å²) < 4.78 is 24.1. The van der Waals surface area contributed by atoms with Crippen LogP contribution in [0.25, 0.3) is 0 Å². The Labute approximate surface area is 194 Å². The zero-order valence-electron chi connectivity index (χ0n) is 17.5. The Balaban J connectivity index is 0.00000450. The lowest BCUT2D eigenvalue weighted by Crippen LogP contribution is -2.37. The summed E-state index contributed by atoms with van der Waals surface area (Å²) in [5.74, 6) is 1.06. The fourth-order valence-corrected chi connectivity index (χ4v) is 2.65. The number of rotatable bonds is 11. The number of hydrogen-bond acceptors (Lipinski definition) is 4. The minimum atomic E-state index is -0.410. The van der Waals surface area contributed by atoms with Gasteiger partial charge >= 0.3 is 0 Å². The maximum Gasteiger partial charge on any atom is 0.191 e. The summed E-state index contributed by atoms with van der Waals surface area (Å²) in [6, 6.07) is 12.5. The highest BCUT2D eigenvalue weighted by molar-refractivity contribution is 14.0. The molecule has 0 atom stereocenters. The van der Waals surface area contributed by atoms with Crippen LogP contribution >= 0.6 is 24.0 Å². The molecule has 8 heteroatoms. The number of aliphatic hydroxyl groups is 1. The molecule has 0 aliphatic carbocycles. The quantitative estimate of drug-likeness (QED) is 0.179. The first-order valence-electron chi connectivity index (χ1n) is 9.77. The Kier molecular flexibility index (Phi) is 13.0. The maximum absolute atomic E-state index is 13.6. The number of aliphatic hydroxyl groups excluding tert-OH is 1. The number of nitrogens with zero attached hydrogens (tertiary/aromatic N) is 1. The molecule has 0 aromatic heterocycles. The van der Waals surface area contributed by atoms with Gasteiger partial charge in [-0.25, -0.2) is 9.38 Å². The van der Waals surface area contributed by atoms with Crippen LogP contribution in [0.5, 0.6) is 5.75 Å². The molecule has 2 aromatic rings. The van der Waals surface area contributed by atoms with E-state index in [1.807, 2.05) is 31.2 Å². The minimum absolute atomic E-state index is 0. The molecule has 0 aliphatic rings. The number of aliphatic imine (C=N–C) groups is 1. The second kappa shape index (κ2) is 15.0. The fourth-order valence-electron chi connectivity index (χ4n) is 2.65. The molecule has 0 saturated heterocycles. The normalized spacial score (nSPS) is 11.0. The summed E-state index contributed by atoms with van der Waals surface area (Å²) in [6.07, 6.45) is 0.863. The highest BCUT2D eigenvalue weighted by Gasteiger charge is 2.04. The third-order valence-corrected chi connectivity index (χ3v) is 4.28. The van der Waals surface area contributed by atoms with Crippen LogP contribution in [0.3, 0.4) is 0 Å². The number of methoxy groups -OCH3 is 1. The predicted octanol–water partition coefficient (Wildman–Crippen LogP) is 3.61. The molecule has 2 rings (SSSR count). The predicted molar refractivity (Wildman–Crippen MR) is 128 cm³/mol. The van der Waals surface area contributed by atoms with Crippen LogP contribution < -0.4 is 15.4 Å². The van der Waals surface area contributed by atoms with Gasteiger partial charge in [-0.15, -0.1) is 24.0 Å². The zero-order valence-corrected chi connectivity index (χ0v) is 19.8. The highest BCUT2D eigenvalue weighted by atomic mass is 127. The molecule has 0 saturated carbocycles. The SMILES string of the molecule is CCOCCCNC(=NCc1ccc(F)c(CO)c1)NCc1ccc(OC)cc1.I. The van der Waals surface area contributed by atoms with Crippen LogP contribution in [0.15, 0.2) is 47.5 Å². The summed E-state index contributed by atoms with van der Waals surface area (Å²) in [4.78, 5) is 4.59. The van der Waals surface area contributed by atoms with E-state index in [2.05, 4.69) is 15.6 Å². The standard InChI is InChI=1S/C22H30FN3O3.HI/c1-3-29-12-4-11-24-22(25-14-17-5-8-20(28-2)9-6-17)26-15-18-7-10-21(23)19(13-18)16-27;/h5-10,13,27H,3-4,11-12,14-16H2,1-2H3,(H2,24,25,26);1H. The summed E-state index contributed by atoms with van der Waals surface area (Å²) in [5.41, 5.74) is 2.20. The van der Waals surface area contributed by atoms with E-state index in [0.717, 1.165) is 29.8 Å². The summed E-state index contributed by atoms with van der Waals surface area (Å²) in [6.45, 7) is 4.73. The van der Waals surface area contributed by atoms with E-state index >= 15 is 0 Å². The number of nitrogens with one attached hydrogen (secondary N) is 2. The summed E-state index contributed by atoms with van der Waals surface area (Å²) >= 11 is 0. The average molecular weight is 531 g/mol. The van der Waals surface area contributed by atoms with Crippen molar-refractivity contribution >= 4 is 29.9 Å². The van der Waals surface area contributed by atoms with E-state index in [9.17, 15) is 9.50 Å². The van der Waals surface area contributed by atoms with Crippen LogP contribution in [0.4, 0.5) is 4.39 Å².